The maximum absolute atomic E-state index is 11.9. The zero-order valence-electron chi connectivity index (χ0n) is 12.4. The summed E-state index contributed by atoms with van der Waals surface area (Å²) in [6.45, 7) is 0.558. The maximum Gasteiger partial charge on any atom is 0.356 e. The molecule has 0 aromatic carbocycles. The van der Waals surface area contributed by atoms with Gasteiger partial charge in [0.1, 0.15) is 5.69 Å². The van der Waals surface area contributed by atoms with Gasteiger partial charge in [-0.05, 0) is 80.2 Å². The molecule has 1 aromatic heterocycles. The molecule has 0 spiro atoms. The molecule has 0 N–H and O–H groups in total. The van der Waals surface area contributed by atoms with Gasteiger partial charge in [-0.2, -0.15) is 0 Å². The summed E-state index contributed by atoms with van der Waals surface area (Å²) in [7, 11) is 0. The minimum absolute atomic E-state index is 0.278. The molecule has 4 saturated carbocycles. The summed E-state index contributed by atoms with van der Waals surface area (Å²) < 4.78 is 5.43. The molecule has 1 aromatic rings. The average molecular weight is 285 g/mol. The number of pyridine rings is 1. The highest BCUT2D eigenvalue weighted by Gasteiger charge is 2.47. The van der Waals surface area contributed by atoms with Gasteiger partial charge in [-0.1, -0.05) is 6.07 Å². The van der Waals surface area contributed by atoms with Crippen LogP contribution in [0, 0.1) is 29.6 Å². The van der Waals surface area contributed by atoms with Gasteiger partial charge in [0.15, 0.2) is 0 Å². The van der Waals surface area contributed by atoms with E-state index in [9.17, 15) is 4.79 Å². The average Bonchev–Trinajstić information content (AvgIpc) is 2.50. The predicted molar refractivity (Wildman–Crippen MR) is 79.7 cm³/mol. The van der Waals surface area contributed by atoms with Crippen molar-refractivity contribution in [1.29, 1.82) is 0 Å². The Bertz CT molecular complexity index is 485. The third-order valence-electron chi connectivity index (χ3n) is 5.98. The highest BCUT2D eigenvalue weighted by Crippen LogP contribution is 2.57. The van der Waals surface area contributed by atoms with Crippen LogP contribution in [0.3, 0.4) is 0 Å². The highest BCUT2D eigenvalue weighted by atomic mass is 16.5. The van der Waals surface area contributed by atoms with Crippen LogP contribution in [0.5, 0.6) is 0 Å². The Kier molecular flexibility index (Phi) is 3.44. The zero-order chi connectivity index (χ0) is 14.2. The van der Waals surface area contributed by atoms with Crippen molar-refractivity contribution in [2.75, 3.05) is 6.61 Å². The zero-order valence-corrected chi connectivity index (χ0v) is 12.4. The van der Waals surface area contributed by atoms with Crippen LogP contribution in [0.1, 0.15) is 49.0 Å². The number of nitrogens with zero attached hydrogens (tertiary/aromatic N) is 1. The van der Waals surface area contributed by atoms with Crippen LogP contribution in [-0.2, 0) is 4.74 Å². The molecule has 5 rings (SSSR count). The van der Waals surface area contributed by atoms with E-state index in [1.165, 1.54) is 32.1 Å². The normalized spacial score (nSPS) is 36.7. The van der Waals surface area contributed by atoms with Crippen LogP contribution in [0.4, 0.5) is 0 Å². The van der Waals surface area contributed by atoms with Crippen molar-refractivity contribution in [2.45, 2.75) is 38.5 Å². The van der Waals surface area contributed by atoms with Crippen LogP contribution >= 0.6 is 0 Å². The minimum Gasteiger partial charge on any atom is -0.461 e. The van der Waals surface area contributed by atoms with E-state index < -0.39 is 0 Å². The van der Waals surface area contributed by atoms with Crippen LogP contribution in [0.2, 0.25) is 0 Å². The third-order valence-corrected chi connectivity index (χ3v) is 5.98. The number of carbonyl (C=O) groups excluding carboxylic acids is 1. The number of carbonyl (C=O) groups is 1. The number of hydrogen-bond donors (Lipinski definition) is 0. The van der Waals surface area contributed by atoms with Gasteiger partial charge in [-0.25, -0.2) is 9.78 Å². The SMILES string of the molecule is O=C(OCCC1C2CC3CC(C2)CC1C3)c1ccccn1. The van der Waals surface area contributed by atoms with E-state index in [0.717, 1.165) is 36.0 Å². The lowest BCUT2D eigenvalue weighted by atomic mass is 9.51. The van der Waals surface area contributed by atoms with Crippen molar-refractivity contribution < 1.29 is 9.53 Å². The number of esters is 1. The highest BCUT2D eigenvalue weighted by molar-refractivity contribution is 5.87. The Morgan fingerprint density at radius 1 is 1.10 bits per heavy atom. The van der Waals surface area contributed by atoms with Crippen molar-refractivity contribution in [3.8, 4) is 0 Å². The molecule has 0 atom stereocenters. The van der Waals surface area contributed by atoms with Gasteiger partial charge in [0.05, 0.1) is 6.61 Å². The molecule has 0 unspecified atom stereocenters. The van der Waals surface area contributed by atoms with Crippen LogP contribution in [0.25, 0.3) is 0 Å². The summed E-state index contributed by atoms with van der Waals surface area (Å²) in [6, 6.07) is 5.35. The largest absolute Gasteiger partial charge is 0.461 e. The molecule has 4 aliphatic carbocycles. The Morgan fingerprint density at radius 3 is 2.43 bits per heavy atom. The van der Waals surface area contributed by atoms with E-state index in [2.05, 4.69) is 4.98 Å². The van der Waals surface area contributed by atoms with Gasteiger partial charge in [-0.3, -0.25) is 0 Å². The second-order valence-electron chi connectivity index (χ2n) is 7.23. The molecule has 0 saturated heterocycles. The van der Waals surface area contributed by atoms with E-state index in [-0.39, 0.29) is 5.97 Å². The molecule has 0 amide bonds. The fraction of sp³-hybridized carbons (Fsp3) is 0.667. The Labute approximate surface area is 126 Å². The smallest absolute Gasteiger partial charge is 0.356 e. The first kappa shape index (κ1) is 13.3. The van der Waals surface area contributed by atoms with Crippen LogP contribution < -0.4 is 0 Å². The number of aromatic nitrogens is 1. The predicted octanol–water partition coefficient (Wildman–Crippen LogP) is 3.70. The van der Waals surface area contributed by atoms with Gasteiger partial charge in [0, 0.05) is 6.20 Å². The Hall–Kier alpha value is -1.38. The summed E-state index contributed by atoms with van der Waals surface area (Å²) >= 11 is 0. The Balaban J connectivity index is 1.31. The van der Waals surface area contributed by atoms with Crippen molar-refractivity contribution in [1.82, 2.24) is 4.98 Å². The molecule has 3 heteroatoms. The lowest BCUT2D eigenvalue weighted by Crippen LogP contribution is -2.45. The van der Waals surface area contributed by atoms with Gasteiger partial charge < -0.3 is 4.74 Å². The van der Waals surface area contributed by atoms with Crippen LogP contribution in [0.15, 0.2) is 24.4 Å². The fourth-order valence-corrected chi connectivity index (χ4v) is 5.35. The second kappa shape index (κ2) is 5.43. The van der Waals surface area contributed by atoms with Crippen LogP contribution in [-0.4, -0.2) is 17.6 Å². The molecule has 0 aliphatic heterocycles. The molecular formula is C18H23NO2. The standard InChI is InChI=1S/C18H23NO2/c20-18(17-3-1-2-5-19-17)21-6-4-16-14-8-12-7-13(10-14)11-15(16)9-12/h1-3,5,12-16H,4,6-11H2. The molecular weight excluding hydrogens is 262 g/mol. The molecule has 4 aliphatic rings. The van der Waals surface area contributed by atoms with E-state index in [1.807, 2.05) is 12.1 Å². The molecule has 21 heavy (non-hydrogen) atoms. The number of ether oxygens (including phenoxy) is 1. The topological polar surface area (TPSA) is 39.2 Å². The minimum atomic E-state index is -0.278. The van der Waals surface area contributed by atoms with E-state index in [1.54, 1.807) is 12.3 Å². The first-order valence-electron chi connectivity index (χ1n) is 8.37. The third kappa shape index (κ3) is 2.58. The van der Waals surface area contributed by atoms with Crippen molar-refractivity contribution >= 4 is 5.97 Å². The Morgan fingerprint density at radius 2 is 1.81 bits per heavy atom. The fourth-order valence-electron chi connectivity index (χ4n) is 5.35. The van der Waals surface area contributed by atoms with Gasteiger partial charge in [-0.15, -0.1) is 0 Å². The molecule has 1 heterocycles. The first-order valence-corrected chi connectivity index (χ1v) is 8.37. The summed E-state index contributed by atoms with van der Waals surface area (Å²) in [5.74, 6) is 4.37. The van der Waals surface area contributed by atoms with E-state index in [0.29, 0.717) is 12.3 Å². The summed E-state index contributed by atoms with van der Waals surface area (Å²) in [4.78, 5) is 15.9. The van der Waals surface area contributed by atoms with E-state index in [4.69, 9.17) is 4.74 Å². The van der Waals surface area contributed by atoms with Gasteiger partial charge >= 0.3 is 5.97 Å². The first-order chi connectivity index (χ1) is 10.3. The molecule has 3 nitrogen and oxygen atoms in total. The monoisotopic (exact) mass is 285 g/mol. The molecule has 4 bridgehead atoms. The molecule has 4 fully saturated rings. The summed E-state index contributed by atoms with van der Waals surface area (Å²) in [6.07, 6.45) is 9.92. The lowest BCUT2D eigenvalue weighted by Gasteiger charge is -2.54. The second-order valence-corrected chi connectivity index (χ2v) is 7.23. The summed E-state index contributed by atoms with van der Waals surface area (Å²) in [5.41, 5.74) is 0.419. The lowest BCUT2D eigenvalue weighted by molar-refractivity contribution is -0.0466. The molecule has 112 valence electrons. The van der Waals surface area contributed by atoms with Gasteiger partial charge in [0.25, 0.3) is 0 Å². The van der Waals surface area contributed by atoms with Gasteiger partial charge in [0.2, 0.25) is 0 Å². The number of rotatable bonds is 4. The van der Waals surface area contributed by atoms with Crippen molar-refractivity contribution in [3.63, 3.8) is 0 Å². The molecule has 0 radical (unpaired) electrons. The quantitative estimate of drug-likeness (QED) is 0.792. The maximum atomic E-state index is 11.9. The summed E-state index contributed by atoms with van der Waals surface area (Å²) in [5, 5.41) is 0. The number of hydrogen-bond acceptors (Lipinski definition) is 3. The van der Waals surface area contributed by atoms with Crippen molar-refractivity contribution in [2.24, 2.45) is 29.6 Å². The van der Waals surface area contributed by atoms with E-state index >= 15 is 0 Å². The van der Waals surface area contributed by atoms with Crippen molar-refractivity contribution in [3.05, 3.63) is 30.1 Å².